The second-order valence-corrected chi connectivity index (χ2v) is 6.86. The molecule has 22 heavy (non-hydrogen) atoms. The van der Waals surface area contributed by atoms with Gasteiger partial charge in [-0.05, 0) is 42.3 Å². The number of carbonyl (C=O) groups excluding carboxylic acids is 1. The standard InChI is InChI=1S/C17H17BrFNOS/c1-12(14-4-6-15(18)7-5-14)20-17(21)11-22-10-13-2-8-16(19)9-3-13/h2-9,12H,10-11H2,1H3,(H,20,21). The summed E-state index contributed by atoms with van der Waals surface area (Å²) in [6, 6.07) is 14.2. The summed E-state index contributed by atoms with van der Waals surface area (Å²) in [7, 11) is 0. The number of amides is 1. The molecule has 2 rings (SSSR count). The molecule has 0 fully saturated rings. The van der Waals surface area contributed by atoms with Crippen LogP contribution in [0.1, 0.15) is 24.1 Å². The second kappa shape index (κ2) is 8.34. The Morgan fingerprint density at radius 2 is 1.82 bits per heavy atom. The summed E-state index contributed by atoms with van der Waals surface area (Å²) in [6.07, 6.45) is 0. The molecule has 0 heterocycles. The molecule has 1 N–H and O–H groups in total. The zero-order valence-electron chi connectivity index (χ0n) is 12.2. The van der Waals surface area contributed by atoms with E-state index in [0.29, 0.717) is 11.5 Å². The van der Waals surface area contributed by atoms with E-state index in [2.05, 4.69) is 21.2 Å². The number of benzene rings is 2. The number of hydrogen-bond acceptors (Lipinski definition) is 2. The van der Waals surface area contributed by atoms with Crippen LogP contribution >= 0.6 is 27.7 Å². The summed E-state index contributed by atoms with van der Waals surface area (Å²) in [5, 5.41) is 2.98. The highest BCUT2D eigenvalue weighted by Crippen LogP contribution is 2.17. The number of hydrogen-bond donors (Lipinski definition) is 1. The summed E-state index contributed by atoms with van der Waals surface area (Å²) < 4.78 is 13.8. The fourth-order valence-electron chi connectivity index (χ4n) is 1.96. The monoisotopic (exact) mass is 381 g/mol. The van der Waals surface area contributed by atoms with Gasteiger partial charge in [0, 0.05) is 10.2 Å². The van der Waals surface area contributed by atoms with Crippen molar-refractivity contribution in [3.8, 4) is 0 Å². The van der Waals surface area contributed by atoms with Crippen LogP contribution in [-0.2, 0) is 10.5 Å². The molecule has 0 aliphatic heterocycles. The van der Waals surface area contributed by atoms with Gasteiger partial charge in [-0.2, -0.15) is 0 Å². The first-order valence-electron chi connectivity index (χ1n) is 6.91. The van der Waals surface area contributed by atoms with Gasteiger partial charge in [0.2, 0.25) is 5.91 Å². The van der Waals surface area contributed by atoms with E-state index >= 15 is 0 Å². The SMILES string of the molecule is CC(NC(=O)CSCc1ccc(F)cc1)c1ccc(Br)cc1. The average molecular weight is 382 g/mol. The lowest BCUT2D eigenvalue weighted by molar-refractivity contribution is -0.119. The molecule has 0 saturated carbocycles. The van der Waals surface area contributed by atoms with Crippen LogP contribution in [0.2, 0.25) is 0 Å². The third kappa shape index (κ3) is 5.46. The lowest BCUT2D eigenvalue weighted by Gasteiger charge is -2.14. The van der Waals surface area contributed by atoms with Gasteiger partial charge in [-0.15, -0.1) is 11.8 Å². The molecule has 1 amide bonds. The Morgan fingerprint density at radius 3 is 2.45 bits per heavy atom. The van der Waals surface area contributed by atoms with Crippen LogP contribution in [0.4, 0.5) is 4.39 Å². The Kier molecular flexibility index (Phi) is 6.46. The van der Waals surface area contributed by atoms with Gasteiger partial charge in [0.15, 0.2) is 0 Å². The topological polar surface area (TPSA) is 29.1 Å². The minimum Gasteiger partial charge on any atom is -0.349 e. The van der Waals surface area contributed by atoms with E-state index in [9.17, 15) is 9.18 Å². The molecule has 5 heteroatoms. The van der Waals surface area contributed by atoms with E-state index in [1.807, 2.05) is 31.2 Å². The van der Waals surface area contributed by atoms with E-state index in [-0.39, 0.29) is 17.8 Å². The molecule has 2 aromatic rings. The van der Waals surface area contributed by atoms with Gasteiger partial charge in [-0.25, -0.2) is 4.39 Å². The van der Waals surface area contributed by atoms with E-state index in [4.69, 9.17) is 0 Å². The summed E-state index contributed by atoms with van der Waals surface area (Å²) in [4.78, 5) is 11.9. The molecule has 1 unspecified atom stereocenters. The summed E-state index contributed by atoms with van der Waals surface area (Å²) in [5.74, 6) is 0.843. The maximum Gasteiger partial charge on any atom is 0.230 e. The predicted molar refractivity (Wildman–Crippen MR) is 93.3 cm³/mol. The highest BCUT2D eigenvalue weighted by atomic mass is 79.9. The third-order valence-electron chi connectivity index (χ3n) is 3.16. The van der Waals surface area contributed by atoms with Crippen molar-refractivity contribution in [1.29, 1.82) is 0 Å². The average Bonchev–Trinajstić information content (AvgIpc) is 2.50. The Balaban J connectivity index is 1.75. The van der Waals surface area contributed by atoms with Gasteiger partial charge in [-0.1, -0.05) is 40.2 Å². The van der Waals surface area contributed by atoms with Crippen LogP contribution in [-0.4, -0.2) is 11.7 Å². The fraction of sp³-hybridized carbons (Fsp3) is 0.235. The van der Waals surface area contributed by atoms with Gasteiger partial charge < -0.3 is 5.32 Å². The van der Waals surface area contributed by atoms with E-state index in [1.165, 1.54) is 23.9 Å². The normalized spacial score (nSPS) is 12.0. The molecule has 2 aromatic carbocycles. The molecule has 0 aliphatic carbocycles. The van der Waals surface area contributed by atoms with Crippen molar-refractivity contribution in [3.05, 3.63) is 69.9 Å². The predicted octanol–water partition coefficient (Wildman–Crippen LogP) is 4.70. The Labute approximate surface area is 142 Å². The lowest BCUT2D eigenvalue weighted by Crippen LogP contribution is -2.28. The maximum absolute atomic E-state index is 12.8. The van der Waals surface area contributed by atoms with Gasteiger partial charge in [0.05, 0.1) is 11.8 Å². The highest BCUT2D eigenvalue weighted by molar-refractivity contribution is 9.10. The number of rotatable bonds is 6. The molecular formula is C17H17BrFNOS. The molecule has 0 radical (unpaired) electrons. The van der Waals surface area contributed by atoms with Gasteiger partial charge >= 0.3 is 0 Å². The van der Waals surface area contributed by atoms with Crippen LogP contribution in [0.5, 0.6) is 0 Å². The van der Waals surface area contributed by atoms with Gasteiger partial charge in [0.25, 0.3) is 0 Å². The molecule has 0 aliphatic rings. The number of carbonyl (C=O) groups is 1. The zero-order valence-corrected chi connectivity index (χ0v) is 14.6. The van der Waals surface area contributed by atoms with Crippen molar-refractivity contribution in [3.63, 3.8) is 0 Å². The minimum atomic E-state index is -0.241. The van der Waals surface area contributed by atoms with E-state index in [1.54, 1.807) is 12.1 Å². The maximum atomic E-state index is 12.8. The molecular weight excluding hydrogens is 365 g/mol. The Morgan fingerprint density at radius 1 is 1.18 bits per heavy atom. The number of thioether (sulfide) groups is 1. The van der Waals surface area contributed by atoms with Crippen LogP contribution in [0, 0.1) is 5.82 Å². The van der Waals surface area contributed by atoms with Crippen molar-refractivity contribution in [2.24, 2.45) is 0 Å². The molecule has 0 spiro atoms. The largest absolute Gasteiger partial charge is 0.349 e. The molecule has 0 aromatic heterocycles. The first-order chi connectivity index (χ1) is 10.5. The van der Waals surface area contributed by atoms with Crippen LogP contribution in [0.25, 0.3) is 0 Å². The third-order valence-corrected chi connectivity index (χ3v) is 4.70. The molecule has 2 nitrogen and oxygen atoms in total. The second-order valence-electron chi connectivity index (χ2n) is 4.96. The molecule has 1 atom stereocenters. The Hall–Kier alpha value is -1.33. The quantitative estimate of drug-likeness (QED) is 0.785. The molecule has 0 bridgehead atoms. The Bertz CT molecular complexity index is 616. The van der Waals surface area contributed by atoms with Gasteiger partial charge in [0.1, 0.15) is 5.82 Å². The summed E-state index contributed by atoms with van der Waals surface area (Å²) >= 11 is 4.91. The van der Waals surface area contributed by atoms with E-state index in [0.717, 1.165) is 15.6 Å². The fourth-order valence-corrected chi connectivity index (χ4v) is 3.02. The van der Waals surface area contributed by atoms with Crippen molar-refractivity contribution in [1.82, 2.24) is 5.32 Å². The number of halogens is 2. The van der Waals surface area contributed by atoms with Gasteiger partial charge in [-0.3, -0.25) is 4.79 Å². The van der Waals surface area contributed by atoms with Crippen LogP contribution < -0.4 is 5.32 Å². The first kappa shape index (κ1) is 17.0. The number of nitrogens with one attached hydrogen (secondary N) is 1. The van der Waals surface area contributed by atoms with Crippen molar-refractivity contribution in [2.45, 2.75) is 18.7 Å². The summed E-state index contributed by atoms with van der Waals surface area (Å²) in [5.41, 5.74) is 2.08. The van der Waals surface area contributed by atoms with E-state index < -0.39 is 0 Å². The molecule has 0 saturated heterocycles. The zero-order chi connectivity index (χ0) is 15.9. The van der Waals surface area contributed by atoms with Crippen LogP contribution in [0.15, 0.2) is 53.0 Å². The molecule has 116 valence electrons. The van der Waals surface area contributed by atoms with Crippen molar-refractivity contribution >= 4 is 33.6 Å². The lowest BCUT2D eigenvalue weighted by atomic mass is 10.1. The first-order valence-corrected chi connectivity index (χ1v) is 8.86. The smallest absolute Gasteiger partial charge is 0.230 e. The minimum absolute atomic E-state index is 0.00234. The van der Waals surface area contributed by atoms with Crippen molar-refractivity contribution < 1.29 is 9.18 Å². The van der Waals surface area contributed by atoms with Crippen molar-refractivity contribution in [2.75, 3.05) is 5.75 Å². The van der Waals surface area contributed by atoms with Crippen LogP contribution in [0.3, 0.4) is 0 Å². The highest BCUT2D eigenvalue weighted by Gasteiger charge is 2.09. The summed E-state index contributed by atoms with van der Waals surface area (Å²) in [6.45, 7) is 1.96.